The Morgan fingerprint density at radius 3 is 2.93 bits per heavy atom. The number of ketones is 1. The van der Waals surface area contributed by atoms with Gasteiger partial charge in [-0.2, -0.15) is 0 Å². The van der Waals surface area contributed by atoms with E-state index in [9.17, 15) is 9.59 Å². The van der Waals surface area contributed by atoms with Crippen LogP contribution in [0.15, 0.2) is 41.1 Å². The summed E-state index contributed by atoms with van der Waals surface area (Å²) in [7, 11) is 0. The molecule has 0 saturated carbocycles. The number of carbonyl (C=O) groups is 2. The van der Waals surface area contributed by atoms with Crippen LogP contribution in [0, 0.1) is 5.92 Å². The Balaban J connectivity index is 1.57. The molecule has 1 aromatic carbocycles. The minimum absolute atomic E-state index is 0.0207. The highest BCUT2D eigenvalue weighted by atomic mass is 35.5. The third kappa shape index (κ3) is 3.59. The van der Waals surface area contributed by atoms with Crippen LogP contribution >= 0.6 is 22.9 Å². The first-order valence-corrected chi connectivity index (χ1v) is 10.6. The van der Waals surface area contributed by atoms with E-state index < -0.39 is 6.04 Å². The lowest BCUT2D eigenvalue weighted by Crippen LogP contribution is -2.45. The summed E-state index contributed by atoms with van der Waals surface area (Å²) in [5.41, 5.74) is 1.79. The summed E-state index contributed by atoms with van der Waals surface area (Å²) in [6.07, 6.45) is 3.13. The maximum absolute atomic E-state index is 13.1. The van der Waals surface area contributed by atoms with Gasteiger partial charge in [0, 0.05) is 40.7 Å². The normalized spacial score (nSPS) is 16.9. The van der Waals surface area contributed by atoms with Crippen molar-refractivity contribution < 1.29 is 14.3 Å². The van der Waals surface area contributed by atoms with Crippen molar-refractivity contribution in [2.45, 2.75) is 39.2 Å². The molecular weight excluding hydrogens is 396 g/mol. The Morgan fingerprint density at radius 2 is 2.21 bits per heavy atom. The third-order valence-corrected chi connectivity index (χ3v) is 6.20. The minimum Gasteiger partial charge on any atom is -0.451 e. The highest BCUT2D eigenvalue weighted by molar-refractivity contribution is 7.09. The molecule has 4 rings (SSSR count). The van der Waals surface area contributed by atoms with Gasteiger partial charge in [0.2, 0.25) is 0 Å². The second kappa shape index (κ2) is 7.68. The summed E-state index contributed by atoms with van der Waals surface area (Å²) in [6, 6.07) is 4.97. The lowest BCUT2D eigenvalue weighted by Gasteiger charge is -2.28. The average Bonchev–Trinajstić information content (AvgIpc) is 3.27. The average molecular weight is 417 g/mol. The molecule has 1 amide bonds. The van der Waals surface area contributed by atoms with Gasteiger partial charge in [-0.3, -0.25) is 9.59 Å². The van der Waals surface area contributed by atoms with Crippen molar-refractivity contribution in [2.24, 2.45) is 5.92 Å². The van der Waals surface area contributed by atoms with E-state index in [-0.39, 0.29) is 24.0 Å². The van der Waals surface area contributed by atoms with Crippen molar-refractivity contribution in [3.05, 3.63) is 56.7 Å². The Morgan fingerprint density at radius 1 is 1.39 bits per heavy atom. The second-order valence-electron chi connectivity index (χ2n) is 7.58. The highest BCUT2D eigenvalue weighted by Gasteiger charge is 2.41. The Hall–Kier alpha value is -2.18. The number of benzene rings is 1. The first kappa shape index (κ1) is 19.2. The van der Waals surface area contributed by atoms with Gasteiger partial charge in [-0.05, 0) is 24.5 Å². The van der Waals surface area contributed by atoms with Crippen molar-refractivity contribution in [3.8, 4) is 5.75 Å². The van der Waals surface area contributed by atoms with Gasteiger partial charge in [0.25, 0.3) is 5.91 Å². The Bertz CT molecular complexity index is 953. The van der Waals surface area contributed by atoms with Crippen LogP contribution in [0.5, 0.6) is 5.75 Å². The van der Waals surface area contributed by atoms with Crippen molar-refractivity contribution in [3.63, 3.8) is 0 Å². The smallest absolute Gasteiger partial charge is 0.290 e. The number of ether oxygens (including phenoxy) is 1. The van der Waals surface area contributed by atoms with Gasteiger partial charge in [-0.1, -0.05) is 31.5 Å². The van der Waals surface area contributed by atoms with E-state index in [1.807, 2.05) is 23.6 Å². The SMILES string of the molecule is CC(C)C[C@@H](C(=O)Cc1nccs1)N1CC2=C(Oc3cccc(Cl)c3C2)C1=O. The van der Waals surface area contributed by atoms with Crippen LogP contribution in [0.2, 0.25) is 5.02 Å². The monoisotopic (exact) mass is 416 g/mol. The molecule has 0 fully saturated rings. The van der Waals surface area contributed by atoms with E-state index in [0.29, 0.717) is 35.9 Å². The number of halogens is 1. The molecular formula is C21H21ClN2O3S. The molecule has 0 unspecified atom stereocenters. The number of amides is 1. The molecule has 146 valence electrons. The summed E-state index contributed by atoms with van der Waals surface area (Å²) in [4.78, 5) is 32.0. The van der Waals surface area contributed by atoms with E-state index in [0.717, 1.165) is 16.1 Å². The fourth-order valence-electron chi connectivity index (χ4n) is 3.75. The van der Waals surface area contributed by atoms with Gasteiger partial charge in [-0.25, -0.2) is 4.98 Å². The van der Waals surface area contributed by atoms with Crippen LogP contribution in [0.4, 0.5) is 0 Å². The number of hydrogen-bond donors (Lipinski definition) is 0. The zero-order valence-electron chi connectivity index (χ0n) is 15.8. The minimum atomic E-state index is -0.482. The molecule has 0 saturated heterocycles. The number of nitrogens with zero attached hydrogens (tertiary/aromatic N) is 2. The maximum Gasteiger partial charge on any atom is 0.290 e. The van der Waals surface area contributed by atoms with Gasteiger partial charge < -0.3 is 9.64 Å². The number of rotatable bonds is 6. The Kier molecular flexibility index (Phi) is 5.25. The number of aromatic nitrogens is 1. The van der Waals surface area contributed by atoms with Crippen LogP contribution in [-0.2, 0) is 22.4 Å². The highest BCUT2D eigenvalue weighted by Crippen LogP contribution is 2.39. The number of fused-ring (bicyclic) bond motifs is 1. The van der Waals surface area contributed by atoms with Gasteiger partial charge in [-0.15, -0.1) is 11.3 Å². The summed E-state index contributed by atoms with van der Waals surface area (Å²) in [6.45, 7) is 4.52. The number of thiazole rings is 1. The van der Waals surface area contributed by atoms with Crippen molar-refractivity contribution >= 4 is 34.6 Å². The summed E-state index contributed by atoms with van der Waals surface area (Å²) < 4.78 is 5.90. The van der Waals surface area contributed by atoms with Crippen LogP contribution < -0.4 is 4.74 Å². The Labute approximate surface area is 173 Å². The van der Waals surface area contributed by atoms with E-state index in [2.05, 4.69) is 18.8 Å². The first-order valence-electron chi connectivity index (χ1n) is 9.33. The lowest BCUT2D eigenvalue weighted by atomic mass is 9.97. The third-order valence-electron chi connectivity index (χ3n) is 5.07. The van der Waals surface area contributed by atoms with Crippen LogP contribution in [0.1, 0.15) is 30.8 Å². The number of Topliss-reactive ketones (excluding diaryl/α,β-unsaturated/α-hetero) is 1. The molecule has 7 heteroatoms. The standard InChI is InChI=1S/C21H21ClN2O3S/c1-12(2)8-16(17(25)10-19-23-6-7-28-19)24-11-13-9-14-15(22)4-3-5-18(14)27-20(13)21(24)26/h3-7,12,16H,8-11H2,1-2H3/t16-/m0/s1. The second-order valence-corrected chi connectivity index (χ2v) is 8.96. The quantitative estimate of drug-likeness (QED) is 0.712. The van der Waals surface area contributed by atoms with Crippen LogP contribution in [0.25, 0.3) is 0 Å². The van der Waals surface area contributed by atoms with E-state index in [4.69, 9.17) is 16.3 Å². The molecule has 0 spiro atoms. The van der Waals surface area contributed by atoms with E-state index >= 15 is 0 Å². The summed E-state index contributed by atoms with van der Waals surface area (Å²) in [5.74, 6) is 1.07. The maximum atomic E-state index is 13.1. The molecule has 2 aliphatic heterocycles. The largest absolute Gasteiger partial charge is 0.451 e. The van der Waals surface area contributed by atoms with Gasteiger partial charge in [0.1, 0.15) is 5.75 Å². The lowest BCUT2D eigenvalue weighted by molar-refractivity contribution is -0.136. The van der Waals surface area contributed by atoms with Crippen LogP contribution in [-0.4, -0.2) is 34.2 Å². The van der Waals surface area contributed by atoms with Gasteiger partial charge >= 0.3 is 0 Å². The van der Waals surface area contributed by atoms with Crippen molar-refractivity contribution in [1.29, 1.82) is 0 Å². The number of carbonyl (C=O) groups excluding carboxylic acids is 2. The van der Waals surface area contributed by atoms with Crippen molar-refractivity contribution in [1.82, 2.24) is 9.88 Å². The molecule has 0 radical (unpaired) electrons. The summed E-state index contributed by atoms with van der Waals surface area (Å²) >= 11 is 7.76. The summed E-state index contributed by atoms with van der Waals surface area (Å²) in [5, 5.41) is 3.27. The fraction of sp³-hybridized carbons (Fsp3) is 0.381. The van der Waals surface area contributed by atoms with E-state index in [1.54, 1.807) is 11.1 Å². The fourth-order valence-corrected chi connectivity index (χ4v) is 4.61. The molecule has 2 aromatic rings. The first-order chi connectivity index (χ1) is 13.4. The predicted molar refractivity (Wildman–Crippen MR) is 109 cm³/mol. The topological polar surface area (TPSA) is 59.5 Å². The molecule has 1 aromatic heterocycles. The number of hydrogen-bond acceptors (Lipinski definition) is 5. The van der Waals surface area contributed by atoms with Gasteiger partial charge in [0.05, 0.1) is 17.5 Å². The van der Waals surface area contributed by atoms with Crippen molar-refractivity contribution in [2.75, 3.05) is 6.54 Å². The van der Waals surface area contributed by atoms with Gasteiger partial charge in [0.15, 0.2) is 11.5 Å². The predicted octanol–water partition coefficient (Wildman–Crippen LogP) is 4.05. The van der Waals surface area contributed by atoms with E-state index in [1.165, 1.54) is 11.3 Å². The molecule has 28 heavy (non-hydrogen) atoms. The van der Waals surface area contributed by atoms with Crippen LogP contribution in [0.3, 0.4) is 0 Å². The molecule has 3 heterocycles. The molecule has 5 nitrogen and oxygen atoms in total. The molecule has 2 aliphatic rings. The molecule has 0 N–H and O–H groups in total. The zero-order chi connectivity index (χ0) is 19.8. The molecule has 1 atom stereocenters. The molecule has 0 aliphatic carbocycles. The molecule has 0 bridgehead atoms. The zero-order valence-corrected chi connectivity index (χ0v) is 17.3.